The van der Waals surface area contributed by atoms with Gasteiger partial charge in [-0.1, -0.05) is 39.4 Å². The number of hydrogen-bond acceptors (Lipinski definition) is 6. The van der Waals surface area contributed by atoms with Crippen LogP contribution in [-0.2, 0) is 23.3 Å². The summed E-state index contributed by atoms with van der Waals surface area (Å²) < 4.78 is 24.5. The van der Waals surface area contributed by atoms with Crippen LogP contribution in [0.5, 0.6) is 0 Å². The molecule has 4 rings (SSSR count). The van der Waals surface area contributed by atoms with Gasteiger partial charge in [-0.05, 0) is 56.7 Å². The number of aromatic nitrogens is 5. The van der Waals surface area contributed by atoms with Crippen LogP contribution < -0.4 is 11.1 Å². The topological polar surface area (TPSA) is 130 Å². The molecule has 1 aliphatic rings. The van der Waals surface area contributed by atoms with Crippen molar-refractivity contribution in [3.8, 4) is 11.1 Å². The van der Waals surface area contributed by atoms with E-state index in [-0.39, 0.29) is 23.3 Å². The van der Waals surface area contributed by atoms with Crippen LogP contribution in [-0.4, -0.2) is 51.0 Å². The first-order valence-electron chi connectivity index (χ1n) is 14.7. The number of nitrogens with one attached hydrogen (secondary N) is 1. The lowest BCUT2D eigenvalue weighted by atomic mass is 9.73. The molecule has 1 fully saturated rings. The first-order valence-corrected chi connectivity index (χ1v) is 18.4. The lowest BCUT2D eigenvalue weighted by molar-refractivity contribution is -0.119. The Morgan fingerprint density at radius 1 is 1.19 bits per heavy atom. The molecule has 0 spiro atoms. The van der Waals surface area contributed by atoms with Crippen molar-refractivity contribution in [1.29, 1.82) is 0 Å². The van der Waals surface area contributed by atoms with Crippen LogP contribution in [0.3, 0.4) is 0 Å². The van der Waals surface area contributed by atoms with Gasteiger partial charge in [-0.15, -0.1) is 0 Å². The molecule has 10 nitrogen and oxygen atoms in total. The summed E-state index contributed by atoms with van der Waals surface area (Å²) in [5.41, 5.74) is 8.76. The van der Waals surface area contributed by atoms with Gasteiger partial charge in [0.05, 0.1) is 17.8 Å². The Labute approximate surface area is 248 Å². The summed E-state index contributed by atoms with van der Waals surface area (Å²) >= 11 is 0. The monoisotopic (exact) mass is 597 g/mol. The summed E-state index contributed by atoms with van der Waals surface area (Å²) in [4.78, 5) is 30.1. The Morgan fingerprint density at radius 2 is 1.88 bits per heavy atom. The molecule has 228 valence electrons. The molecule has 0 unspecified atom stereocenters. The van der Waals surface area contributed by atoms with Crippen molar-refractivity contribution in [3.05, 3.63) is 46.9 Å². The van der Waals surface area contributed by atoms with Crippen LogP contribution in [0.25, 0.3) is 11.1 Å². The number of nitrogens with zero attached hydrogens (tertiary/aromatic N) is 5. The zero-order valence-corrected chi connectivity index (χ0v) is 26.8. The van der Waals surface area contributed by atoms with E-state index >= 15 is 4.39 Å². The number of aryl methyl sites for hydroxylation is 2. The number of primary amides is 1. The molecule has 0 bridgehead atoms. The van der Waals surface area contributed by atoms with Gasteiger partial charge < -0.3 is 15.8 Å². The Bertz CT molecular complexity index is 1440. The van der Waals surface area contributed by atoms with E-state index in [0.717, 1.165) is 37.4 Å². The van der Waals surface area contributed by atoms with Gasteiger partial charge in [-0.25, -0.2) is 9.67 Å². The van der Waals surface area contributed by atoms with Crippen LogP contribution in [0.1, 0.15) is 66.0 Å². The molecular weight excluding hydrogens is 553 g/mol. The number of ether oxygens (including phenoxy) is 1. The van der Waals surface area contributed by atoms with Crippen molar-refractivity contribution in [2.24, 2.45) is 24.6 Å². The molecule has 1 aliphatic carbocycles. The van der Waals surface area contributed by atoms with E-state index in [1.165, 1.54) is 10.9 Å². The summed E-state index contributed by atoms with van der Waals surface area (Å²) in [6.45, 7) is 13.8. The minimum Gasteiger partial charge on any atom is -0.364 e. The van der Waals surface area contributed by atoms with Crippen molar-refractivity contribution in [1.82, 2.24) is 24.5 Å². The number of rotatable bonds is 11. The third-order valence-electron chi connectivity index (χ3n) is 8.31. The number of nitrogens with two attached hydrogens (primary N) is 1. The molecule has 3 aromatic rings. The second-order valence-electron chi connectivity index (χ2n) is 12.9. The van der Waals surface area contributed by atoms with Gasteiger partial charge in [-0.3, -0.25) is 14.3 Å². The average molecular weight is 598 g/mol. The van der Waals surface area contributed by atoms with Crippen LogP contribution in [0.4, 0.5) is 10.2 Å². The third kappa shape index (κ3) is 7.15. The maximum atomic E-state index is 15.5. The van der Waals surface area contributed by atoms with Crippen molar-refractivity contribution in [2.45, 2.75) is 84.8 Å². The molecule has 1 atom stereocenters. The molecule has 0 aliphatic heterocycles. The van der Waals surface area contributed by atoms with Gasteiger partial charge in [0, 0.05) is 44.1 Å². The third-order valence-corrected chi connectivity index (χ3v) is 10.0. The first-order chi connectivity index (χ1) is 19.8. The summed E-state index contributed by atoms with van der Waals surface area (Å²) in [6, 6.07) is 4.26. The molecule has 12 heteroatoms. The lowest BCUT2D eigenvalue weighted by Crippen LogP contribution is -2.32. The SMILES string of the molecule is Cc1nn(COCC[Si](C)(C)C)c(C)c1-c1ccc(NC(=O)[C@H](c2cnn(C)c2C(N)=O)C2CCC(C)CC2)nc1F. The Morgan fingerprint density at radius 3 is 2.50 bits per heavy atom. The Kier molecular flexibility index (Phi) is 9.66. The molecule has 3 N–H and O–H groups in total. The molecular formula is C30H44FN7O3Si. The fraction of sp³-hybridized carbons (Fsp3) is 0.567. The standard InChI is InChI=1S/C30H44FN7O3Si/c1-18-8-10-21(11-9-18)26(23-16-33-37(4)27(23)29(32)39)30(40)35-24-13-12-22(28(31)34-24)25-19(2)36-38(20(25)3)17-41-14-15-42(5,6)7/h12-13,16,18,21,26H,8-11,14-15,17H2,1-7H3,(H2,32,39)(H,34,35,40)/t18?,21?,26-/m0/s1. The van der Waals surface area contributed by atoms with Crippen molar-refractivity contribution < 1.29 is 18.7 Å². The smallest absolute Gasteiger partial charge is 0.267 e. The number of carbonyl (C=O) groups is 2. The maximum Gasteiger partial charge on any atom is 0.267 e. The number of hydrogen-bond donors (Lipinski definition) is 2. The molecule has 3 aromatic heterocycles. The van der Waals surface area contributed by atoms with Gasteiger partial charge >= 0.3 is 0 Å². The van der Waals surface area contributed by atoms with Crippen LogP contribution in [0.2, 0.25) is 25.7 Å². The van der Waals surface area contributed by atoms with E-state index in [1.807, 2.05) is 13.8 Å². The van der Waals surface area contributed by atoms with Gasteiger partial charge in [0.15, 0.2) is 0 Å². The number of amides is 2. The van der Waals surface area contributed by atoms with Crippen molar-refractivity contribution in [2.75, 3.05) is 11.9 Å². The minimum atomic E-state index is -1.21. The van der Waals surface area contributed by atoms with E-state index in [2.05, 4.69) is 47.1 Å². The van der Waals surface area contributed by atoms with Gasteiger partial charge in [0.25, 0.3) is 5.91 Å². The second-order valence-corrected chi connectivity index (χ2v) is 18.5. The highest BCUT2D eigenvalue weighted by molar-refractivity contribution is 6.76. The molecule has 2 amide bonds. The fourth-order valence-corrected chi connectivity index (χ4v) is 6.61. The van der Waals surface area contributed by atoms with Gasteiger partial charge in [0.2, 0.25) is 11.9 Å². The Balaban J connectivity index is 1.55. The normalized spacial score (nSPS) is 18.2. The minimum absolute atomic E-state index is 0.00304. The van der Waals surface area contributed by atoms with E-state index in [9.17, 15) is 9.59 Å². The van der Waals surface area contributed by atoms with Crippen LogP contribution in [0.15, 0.2) is 18.3 Å². The molecule has 0 saturated heterocycles. The highest BCUT2D eigenvalue weighted by atomic mass is 28.3. The molecule has 0 radical (unpaired) electrons. The van der Waals surface area contributed by atoms with E-state index < -0.39 is 25.8 Å². The number of halogens is 1. The summed E-state index contributed by atoms with van der Waals surface area (Å²) in [5, 5.41) is 11.6. The highest BCUT2D eigenvalue weighted by Gasteiger charge is 2.36. The van der Waals surface area contributed by atoms with E-state index in [1.54, 1.807) is 23.9 Å². The van der Waals surface area contributed by atoms with Gasteiger partial charge in [-0.2, -0.15) is 14.6 Å². The molecule has 0 aromatic carbocycles. The van der Waals surface area contributed by atoms with Crippen LogP contribution in [0, 0.1) is 31.6 Å². The molecule has 3 heterocycles. The second kappa shape index (κ2) is 12.9. The first kappa shape index (κ1) is 31.6. The predicted molar refractivity (Wildman–Crippen MR) is 163 cm³/mol. The summed E-state index contributed by atoms with van der Waals surface area (Å²) in [7, 11) is 0.422. The average Bonchev–Trinajstić information content (AvgIpc) is 3.41. The fourth-order valence-electron chi connectivity index (χ4n) is 5.85. The number of anilines is 1. The largest absolute Gasteiger partial charge is 0.364 e. The number of pyridine rings is 1. The molecule has 42 heavy (non-hydrogen) atoms. The summed E-state index contributed by atoms with van der Waals surface area (Å²) in [5.74, 6) is -1.71. The summed E-state index contributed by atoms with van der Waals surface area (Å²) in [6.07, 6.45) is 5.17. The van der Waals surface area contributed by atoms with Crippen LogP contribution >= 0.6 is 0 Å². The van der Waals surface area contributed by atoms with Crippen molar-refractivity contribution in [3.63, 3.8) is 0 Å². The van der Waals surface area contributed by atoms with E-state index in [4.69, 9.17) is 10.5 Å². The zero-order valence-electron chi connectivity index (χ0n) is 25.8. The molecule has 1 saturated carbocycles. The van der Waals surface area contributed by atoms with Crippen molar-refractivity contribution >= 4 is 25.7 Å². The maximum absolute atomic E-state index is 15.5. The zero-order chi connectivity index (χ0) is 30.8. The lowest BCUT2D eigenvalue weighted by Gasteiger charge is -2.32. The quantitative estimate of drug-likeness (QED) is 0.173. The number of carbonyl (C=O) groups excluding carboxylic acids is 2. The Hall–Kier alpha value is -3.38. The highest BCUT2D eigenvalue weighted by Crippen LogP contribution is 2.40. The predicted octanol–water partition coefficient (Wildman–Crippen LogP) is 5.39. The van der Waals surface area contributed by atoms with Gasteiger partial charge in [0.1, 0.15) is 18.2 Å². The van der Waals surface area contributed by atoms with E-state index in [0.29, 0.717) is 41.6 Å².